The summed E-state index contributed by atoms with van der Waals surface area (Å²) >= 11 is 0. The highest BCUT2D eigenvalue weighted by Gasteiger charge is 2.23. The van der Waals surface area contributed by atoms with E-state index in [4.69, 9.17) is 4.74 Å². The van der Waals surface area contributed by atoms with E-state index in [1.54, 1.807) is 13.8 Å². The van der Waals surface area contributed by atoms with Crippen LogP contribution in [0.3, 0.4) is 0 Å². The van der Waals surface area contributed by atoms with Crippen molar-refractivity contribution in [3.63, 3.8) is 0 Å². The molecule has 0 aliphatic carbocycles. The van der Waals surface area contributed by atoms with E-state index in [0.29, 0.717) is 0 Å². The summed E-state index contributed by atoms with van der Waals surface area (Å²) in [6.45, 7) is 2.87. The minimum atomic E-state index is -3.54. The van der Waals surface area contributed by atoms with Gasteiger partial charge in [0.2, 0.25) is 0 Å². The van der Waals surface area contributed by atoms with Crippen LogP contribution in [-0.4, -0.2) is 47.5 Å². The van der Waals surface area contributed by atoms with Gasteiger partial charge in [0.1, 0.15) is 5.94 Å². The van der Waals surface area contributed by atoms with Crippen molar-refractivity contribution in [2.45, 2.75) is 19.4 Å². The normalized spacial score (nSPS) is 14.1. The Kier molecular flexibility index (Phi) is 4.71. The van der Waals surface area contributed by atoms with Crippen LogP contribution >= 0.6 is 0 Å². The molecule has 0 rings (SSSR count). The summed E-state index contributed by atoms with van der Waals surface area (Å²) in [7, 11) is -6.78. The van der Waals surface area contributed by atoms with Gasteiger partial charge in [-0.15, -0.1) is 0 Å². The van der Waals surface area contributed by atoms with E-state index in [9.17, 15) is 16.8 Å². The molecule has 0 saturated carbocycles. The van der Waals surface area contributed by atoms with Crippen molar-refractivity contribution in [1.29, 1.82) is 0 Å². The number of sulfone groups is 1. The number of rotatable bonds is 6. The Hall–Kier alpha value is -0.180. The minimum absolute atomic E-state index is 0.221. The SMILES string of the molecule is CC(C)(COS(C)(=O)=O)OCS(C)(=O)=O. The Morgan fingerprint density at radius 1 is 1.07 bits per heavy atom. The van der Waals surface area contributed by atoms with E-state index in [1.165, 1.54) is 0 Å². The fourth-order valence-corrected chi connectivity index (χ4v) is 1.59. The van der Waals surface area contributed by atoms with Gasteiger partial charge in [-0.05, 0) is 13.8 Å². The molecule has 0 N–H and O–H groups in total. The fourth-order valence-electron chi connectivity index (χ4n) is 0.557. The van der Waals surface area contributed by atoms with E-state index in [0.717, 1.165) is 12.5 Å². The van der Waals surface area contributed by atoms with Gasteiger partial charge in [-0.2, -0.15) is 8.42 Å². The van der Waals surface area contributed by atoms with Crippen molar-refractivity contribution in [2.24, 2.45) is 0 Å². The molecule has 0 unspecified atom stereocenters. The zero-order chi connectivity index (χ0) is 12.3. The Morgan fingerprint density at radius 3 is 1.87 bits per heavy atom. The summed E-state index contributed by atoms with van der Waals surface area (Å²) in [6, 6.07) is 0. The molecule has 0 atom stereocenters. The topological polar surface area (TPSA) is 86.7 Å². The van der Waals surface area contributed by atoms with E-state index in [2.05, 4.69) is 4.18 Å². The van der Waals surface area contributed by atoms with Crippen LogP contribution in [0.5, 0.6) is 0 Å². The summed E-state index contributed by atoms with van der Waals surface area (Å²) in [5, 5.41) is 0. The molecule has 0 radical (unpaired) electrons. The monoisotopic (exact) mass is 260 g/mol. The quantitative estimate of drug-likeness (QED) is 0.613. The zero-order valence-electron chi connectivity index (χ0n) is 9.18. The molecular weight excluding hydrogens is 244 g/mol. The number of hydrogen-bond donors (Lipinski definition) is 0. The van der Waals surface area contributed by atoms with Gasteiger partial charge >= 0.3 is 0 Å². The summed E-state index contributed by atoms with van der Waals surface area (Å²) in [4.78, 5) is 0. The first-order valence-corrected chi connectivity index (χ1v) is 7.95. The Balaban J connectivity index is 4.21. The van der Waals surface area contributed by atoms with Crippen LogP contribution in [0.4, 0.5) is 0 Å². The second kappa shape index (κ2) is 4.77. The minimum Gasteiger partial charge on any atom is -0.357 e. The van der Waals surface area contributed by atoms with Gasteiger partial charge in [0, 0.05) is 6.26 Å². The first kappa shape index (κ1) is 14.8. The molecule has 0 spiro atoms. The van der Waals surface area contributed by atoms with E-state index in [-0.39, 0.29) is 6.61 Å². The maximum absolute atomic E-state index is 10.8. The summed E-state index contributed by atoms with van der Waals surface area (Å²) in [5.41, 5.74) is -0.966. The van der Waals surface area contributed by atoms with Crippen molar-refractivity contribution in [3.8, 4) is 0 Å². The highest BCUT2D eigenvalue weighted by molar-refractivity contribution is 7.90. The van der Waals surface area contributed by atoms with Crippen molar-refractivity contribution in [1.82, 2.24) is 0 Å². The number of hydrogen-bond acceptors (Lipinski definition) is 6. The van der Waals surface area contributed by atoms with Crippen LogP contribution in [0.1, 0.15) is 13.8 Å². The first-order valence-electron chi connectivity index (χ1n) is 4.07. The van der Waals surface area contributed by atoms with Gasteiger partial charge in [-0.3, -0.25) is 4.18 Å². The fraction of sp³-hybridized carbons (Fsp3) is 1.00. The molecule has 0 fully saturated rings. The lowest BCUT2D eigenvalue weighted by Gasteiger charge is -2.23. The van der Waals surface area contributed by atoms with Crippen LogP contribution in [-0.2, 0) is 28.9 Å². The van der Waals surface area contributed by atoms with Gasteiger partial charge < -0.3 is 4.74 Å². The molecule has 15 heavy (non-hydrogen) atoms. The predicted molar refractivity (Wildman–Crippen MR) is 55.7 cm³/mol. The summed E-state index contributed by atoms with van der Waals surface area (Å²) in [5.74, 6) is -0.465. The molecular formula is C7H16O6S2. The van der Waals surface area contributed by atoms with Gasteiger partial charge in [-0.25, -0.2) is 8.42 Å². The van der Waals surface area contributed by atoms with Gasteiger partial charge in [0.15, 0.2) is 9.84 Å². The van der Waals surface area contributed by atoms with E-state index in [1.807, 2.05) is 0 Å². The largest absolute Gasteiger partial charge is 0.357 e. The van der Waals surface area contributed by atoms with Gasteiger partial charge in [0.25, 0.3) is 10.1 Å². The lowest BCUT2D eigenvalue weighted by molar-refractivity contribution is -0.0233. The molecule has 0 aromatic rings. The molecule has 0 aliphatic rings. The standard InChI is InChI=1S/C7H16O6S2/c1-7(2,5-13-15(4,10)11)12-6-14(3,8)9/h5-6H2,1-4H3. The maximum Gasteiger partial charge on any atom is 0.264 e. The smallest absolute Gasteiger partial charge is 0.264 e. The molecule has 0 aliphatic heterocycles. The summed E-state index contributed by atoms with van der Waals surface area (Å²) in [6.07, 6.45) is 1.94. The lowest BCUT2D eigenvalue weighted by atomic mass is 10.2. The van der Waals surface area contributed by atoms with E-state index >= 15 is 0 Å². The second-order valence-corrected chi connectivity index (χ2v) is 7.65. The highest BCUT2D eigenvalue weighted by atomic mass is 32.2. The highest BCUT2D eigenvalue weighted by Crippen LogP contribution is 2.11. The molecule has 6 nitrogen and oxygen atoms in total. The molecule has 0 bridgehead atoms. The second-order valence-electron chi connectivity index (χ2n) is 3.91. The molecule has 92 valence electrons. The third kappa shape index (κ3) is 10.1. The third-order valence-corrected chi connectivity index (χ3v) is 2.38. The van der Waals surface area contributed by atoms with Crippen LogP contribution < -0.4 is 0 Å². The van der Waals surface area contributed by atoms with Crippen LogP contribution in [0.25, 0.3) is 0 Å². The average Bonchev–Trinajstić information content (AvgIpc) is 1.96. The van der Waals surface area contributed by atoms with Crippen molar-refractivity contribution in [3.05, 3.63) is 0 Å². The van der Waals surface area contributed by atoms with Gasteiger partial charge in [0.05, 0.1) is 18.5 Å². The van der Waals surface area contributed by atoms with Gasteiger partial charge in [-0.1, -0.05) is 0 Å². The van der Waals surface area contributed by atoms with Crippen molar-refractivity contribution < 1.29 is 25.8 Å². The molecule has 0 amide bonds. The van der Waals surface area contributed by atoms with Crippen LogP contribution in [0.2, 0.25) is 0 Å². The number of ether oxygens (including phenoxy) is 1. The van der Waals surface area contributed by atoms with E-state index < -0.39 is 31.5 Å². The Bertz CT molecular complexity index is 353. The molecule has 0 aromatic heterocycles. The average molecular weight is 260 g/mol. The molecule has 8 heteroatoms. The Labute approximate surface area is 90.6 Å². The molecule has 0 heterocycles. The zero-order valence-corrected chi connectivity index (χ0v) is 10.8. The Morgan fingerprint density at radius 2 is 1.53 bits per heavy atom. The molecule has 0 aromatic carbocycles. The predicted octanol–water partition coefficient (Wildman–Crippen LogP) is -0.240. The summed E-state index contributed by atoms with van der Waals surface area (Å²) < 4.78 is 52.5. The van der Waals surface area contributed by atoms with Crippen molar-refractivity contribution in [2.75, 3.05) is 25.1 Å². The molecule has 0 saturated heterocycles. The lowest BCUT2D eigenvalue weighted by Crippen LogP contribution is -2.33. The third-order valence-electron chi connectivity index (χ3n) is 1.28. The maximum atomic E-state index is 10.8. The first-order chi connectivity index (χ1) is 6.41. The van der Waals surface area contributed by atoms with Crippen LogP contribution in [0, 0.1) is 0 Å². The van der Waals surface area contributed by atoms with Crippen LogP contribution in [0.15, 0.2) is 0 Å². The van der Waals surface area contributed by atoms with Crippen molar-refractivity contribution >= 4 is 20.0 Å².